The number of nitrogens with zero attached hydrogens (tertiary/aromatic N) is 2. The molecule has 0 saturated heterocycles. The van der Waals surface area contributed by atoms with Crippen LogP contribution in [0.15, 0.2) is 71.1 Å². The van der Waals surface area contributed by atoms with E-state index < -0.39 is 6.16 Å². The molecule has 0 atom stereocenters. The molecule has 0 aromatic heterocycles. The molecular formula is C35H50N5O4+. The van der Waals surface area contributed by atoms with Gasteiger partial charge >= 0.3 is 6.16 Å². The molecular weight excluding hydrogens is 554 g/mol. The number of nitrogens with one attached hydrogen (secondary N) is 1. The van der Waals surface area contributed by atoms with Crippen molar-refractivity contribution in [3.63, 3.8) is 0 Å². The molecule has 0 saturated carbocycles. The molecule has 1 heterocycles. The molecule has 238 valence electrons. The highest BCUT2D eigenvalue weighted by molar-refractivity contribution is 6.02. The lowest BCUT2D eigenvalue weighted by Gasteiger charge is -2.22. The highest BCUT2D eigenvalue weighted by Gasteiger charge is 2.19. The lowest BCUT2D eigenvalue weighted by Crippen LogP contribution is -2.29. The van der Waals surface area contributed by atoms with E-state index in [0.717, 1.165) is 54.9 Å². The zero-order chi connectivity index (χ0) is 32.5. The largest absolute Gasteiger partial charge is 0.507 e. The van der Waals surface area contributed by atoms with Crippen LogP contribution in [0.3, 0.4) is 0 Å². The van der Waals surface area contributed by atoms with Crippen LogP contribution in [0.4, 0.5) is 10.5 Å². The summed E-state index contributed by atoms with van der Waals surface area (Å²) in [5.41, 5.74) is 15.4. The Morgan fingerprint density at radius 1 is 0.932 bits per heavy atom. The van der Waals surface area contributed by atoms with Crippen LogP contribution < -0.4 is 26.3 Å². The summed E-state index contributed by atoms with van der Waals surface area (Å²) >= 11 is 0. The number of rotatable bonds is 11. The predicted molar refractivity (Wildman–Crippen MR) is 182 cm³/mol. The normalized spacial score (nSPS) is 10.2. The van der Waals surface area contributed by atoms with Crippen molar-refractivity contribution in [3.8, 4) is 22.5 Å². The highest BCUT2D eigenvalue weighted by Crippen LogP contribution is 2.40. The van der Waals surface area contributed by atoms with E-state index in [4.69, 9.17) is 15.6 Å². The van der Waals surface area contributed by atoms with E-state index >= 15 is 0 Å². The quantitative estimate of drug-likeness (QED) is 0.0456. The van der Waals surface area contributed by atoms with Gasteiger partial charge in [0.2, 0.25) is 5.36 Å². The molecule has 1 aliphatic carbocycles. The fourth-order valence-corrected chi connectivity index (χ4v) is 4.99. The van der Waals surface area contributed by atoms with Gasteiger partial charge in [0.25, 0.3) is 0 Å². The van der Waals surface area contributed by atoms with Gasteiger partial charge in [0.1, 0.15) is 24.4 Å². The topological polar surface area (TPSA) is 131 Å². The third kappa shape index (κ3) is 9.84. The number of fused-ring (bicyclic) bond motifs is 2. The first-order valence-electron chi connectivity index (χ1n) is 15.4. The number of anilines is 1. The zero-order valence-electron chi connectivity index (χ0n) is 27.2. The lowest BCUT2D eigenvalue weighted by atomic mass is 9.93. The second-order valence-electron chi connectivity index (χ2n) is 9.83. The first-order chi connectivity index (χ1) is 21.4. The molecule has 1 aliphatic heterocycles. The Bertz CT molecular complexity index is 1490. The third-order valence-electron chi connectivity index (χ3n) is 7.24. The summed E-state index contributed by atoms with van der Waals surface area (Å²) in [6.45, 7) is 13.0. The smallest absolute Gasteiger partial charge is 0.456 e. The molecule has 0 fully saturated rings. The van der Waals surface area contributed by atoms with Gasteiger partial charge in [0, 0.05) is 53.8 Å². The summed E-state index contributed by atoms with van der Waals surface area (Å²) in [6.07, 6.45) is 1.34. The van der Waals surface area contributed by atoms with Crippen molar-refractivity contribution in [2.75, 3.05) is 51.8 Å². The summed E-state index contributed by atoms with van der Waals surface area (Å²) in [5, 5.41) is 9.25. The van der Waals surface area contributed by atoms with Crippen LogP contribution in [0, 0.1) is 5.41 Å². The van der Waals surface area contributed by atoms with Gasteiger partial charge in [0.15, 0.2) is 0 Å². The maximum Gasteiger partial charge on any atom is 0.507 e. The fourth-order valence-electron chi connectivity index (χ4n) is 4.99. The average molecular weight is 605 g/mol. The number of hydrogen-bond donors (Lipinski definition) is 3. The van der Waals surface area contributed by atoms with Gasteiger partial charge in [-0.25, -0.2) is 9.37 Å². The Labute approximate surface area is 261 Å². The summed E-state index contributed by atoms with van der Waals surface area (Å²) < 4.78 is 17.7. The van der Waals surface area contributed by atoms with E-state index in [-0.39, 0.29) is 5.84 Å². The van der Waals surface area contributed by atoms with Gasteiger partial charge < -0.3 is 30.3 Å². The molecule has 0 amide bonds. The Kier molecular flexibility index (Phi) is 15.5. The van der Waals surface area contributed by atoms with Crippen LogP contribution in [0.25, 0.3) is 33.4 Å². The SMILES string of the molecule is CCN(CC)c1ccc2c(-c3ccccc3)c3ccc(=[N+](CC)CC)cc-3oc2c1.CN.COC(=O)OCCCCC(=N)N. The molecule has 0 radical (unpaired) electrons. The van der Waals surface area contributed by atoms with Gasteiger partial charge in [0.05, 0.1) is 25.6 Å². The Hall–Kier alpha value is -4.37. The molecule has 44 heavy (non-hydrogen) atoms. The van der Waals surface area contributed by atoms with E-state index in [1.807, 2.05) is 0 Å². The van der Waals surface area contributed by atoms with Crippen molar-refractivity contribution in [1.82, 2.24) is 4.58 Å². The summed E-state index contributed by atoms with van der Waals surface area (Å²) in [5.74, 6) is 1.09. The Balaban J connectivity index is 0.000000409. The van der Waals surface area contributed by atoms with Gasteiger partial charge in [-0.05, 0) is 71.3 Å². The van der Waals surface area contributed by atoms with E-state index in [2.05, 4.69) is 119 Å². The number of hydrogen-bond acceptors (Lipinski definition) is 7. The van der Waals surface area contributed by atoms with E-state index in [9.17, 15) is 4.79 Å². The number of carbonyl (C=O) groups excluding carboxylic acids is 1. The van der Waals surface area contributed by atoms with Crippen molar-refractivity contribution in [1.29, 1.82) is 5.41 Å². The van der Waals surface area contributed by atoms with Crippen LogP contribution >= 0.6 is 0 Å². The minimum Gasteiger partial charge on any atom is -0.456 e. The molecule has 2 aromatic carbocycles. The molecule has 0 bridgehead atoms. The number of carbonyl (C=O) groups is 1. The van der Waals surface area contributed by atoms with Gasteiger partial charge in [-0.1, -0.05) is 30.3 Å². The van der Waals surface area contributed by atoms with Crippen molar-refractivity contribution >= 4 is 28.6 Å². The van der Waals surface area contributed by atoms with Crippen molar-refractivity contribution < 1.29 is 18.7 Å². The number of benzene rings is 3. The molecule has 4 rings (SSSR count). The molecule has 0 unspecified atom stereocenters. The molecule has 5 N–H and O–H groups in total. The van der Waals surface area contributed by atoms with E-state index in [0.29, 0.717) is 19.4 Å². The minimum absolute atomic E-state index is 0.160. The minimum atomic E-state index is -0.669. The molecule has 2 aromatic rings. The van der Waals surface area contributed by atoms with Crippen molar-refractivity contribution in [3.05, 3.63) is 72.1 Å². The van der Waals surface area contributed by atoms with E-state index in [1.54, 1.807) is 0 Å². The molecule has 0 spiro atoms. The number of amidine groups is 1. The number of unbranched alkanes of at least 4 members (excludes halogenated alkanes) is 1. The Morgan fingerprint density at radius 2 is 1.61 bits per heavy atom. The van der Waals surface area contributed by atoms with Crippen molar-refractivity contribution in [2.45, 2.75) is 47.0 Å². The van der Waals surface area contributed by atoms with Crippen LogP contribution in [0.1, 0.15) is 47.0 Å². The van der Waals surface area contributed by atoms with Gasteiger partial charge in [-0.2, -0.15) is 0 Å². The molecule has 2 aliphatic rings. The first kappa shape index (κ1) is 35.8. The molecule has 9 heteroatoms. The van der Waals surface area contributed by atoms with E-state index in [1.165, 1.54) is 36.3 Å². The standard InChI is InChI=1S/C27H31N2O.C7H14N2O3.CH5N/c1-5-28(6-2)21-14-16-23-25(18-21)30-26-19-22(29(7-3)8-4)15-17-24(26)27(23)20-12-10-9-11-13-20;1-11-7(10)12-5-3-2-4-6(8)9;1-2/h9-19H,5-8H2,1-4H3;2-5H2,1H3,(H3,8,9);2H2,1H3/q+1;;. The van der Waals surface area contributed by atoms with Gasteiger partial charge in [-0.3, -0.25) is 5.41 Å². The summed E-state index contributed by atoms with van der Waals surface area (Å²) in [4.78, 5) is 12.8. The second-order valence-corrected chi connectivity index (χ2v) is 9.83. The monoisotopic (exact) mass is 604 g/mol. The lowest BCUT2D eigenvalue weighted by molar-refractivity contribution is 0.0716. The Morgan fingerprint density at radius 3 is 2.20 bits per heavy atom. The molecule has 9 nitrogen and oxygen atoms in total. The zero-order valence-corrected chi connectivity index (χ0v) is 27.2. The van der Waals surface area contributed by atoms with Crippen LogP contribution in [-0.2, 0) is 9.47 Å². The van der Waals surface area contributed by atoms with Crippen LogP contribution in [-0.4, -0.2) is 58.9 Å². The van der Waals surface area contributed by atoms with Crippen LogP contribution in [0.5, 0.6) is 0 Å². The predicted octanol–water partition coefficient (Wildman–Crippen LogP) is 6.31. The first-order valence-corrected chi connectivity index (χ1v) is 15.4. The average Bonchev–Trinajstić information content (AvgIpc) is 3.06. The third-order valence-corrected chi connectivity index (χ3v) is 7.24. The second kappa shape index (κ2) is 19.0. The van der Waals surface area contributed by atoms with Gasteiger partial charge in [-0.15, -0.1) is 0 Å². The highest BCUT2D eigenvalue weighted by atomic mass is 16.7. The number of ether oxygens (including phenoxy) is 2. The number of nitrogens with two attached hydrogens (primary N) is 2. The van der Waals surface area contributed by atoms with Crippen molar-refractivity contribution in [2.24, 2.45) is 11.5 Å². The maximum absolute atomic E-state index is 10.4. The summed E-state index contributed by atoms with van der Waals surface area (Å²) in [7, 11) is 2.76. The van der Waals surface area contributed by atoms with Crippen LogP contribution in [0.2, 0.25) is 0 Å². The summed E-state index contributed by atoms with van der Waals surface area (Å²) in [6, 6.07) is 23.9. The number of methoxy groups -OCH3 is 1. The maximum atomic E-state index is 10.4. The fraction of sp³-hybridized carbons (Fsp3) is 0.400.